The smallest absolute Gasteiger partial charge is 0.161 e. The largest absolute Gasteiger partial charge is 0.491 e. The second kappa shape index (κ2) is 11.6. The lowest BCUT2D eigenvalue weighted by molar-refractivity contribution is 0.0755. The average Bonchev–Trinajstić information content (AvgIpc) is 3.28. The van der Waals surface area contributed by atoms with E-state index >= 15 is 0 Å². The van der Waals surface area contributed by atoms with Gasteiger partial charge in [0.1, 0.15) is 31.6 Å². The van der Waals surface area contributed by atoms with Crippen molar-refractivity contribution in [3.8, 4) is 17.2 Å². The van der Waals surface area contributed by atoms with Gasteiger partial charge in [0.25, 0.3) is 0 Å². The first-order chi connectivity index (χ1) is 14.7. The van der Waals surface area contributed by atoms with E-state index in [1.807, 2.05) is 56.3 Å². The topological polar surface area (TPSA) is 80.0 Å². The summed E-state index contributed by atoms with van der Waals surface area (Å²) >= 11 is 0. The Morgan fingerprint density at radius 1 is 0.867 bits per heavy atom. The van der Waals surface area contributed by atoms with E-state index in [0.717, 1.165) is 11.3 Å². The van der Waals surface area contributed by atoms with E-state index in [-0.39, 0.29) is 0 Å². The summed E-state index contributed by atoms with van der Waals surface area (Å²) < 4.78 is 24.2. The maximum atomic E-state index is 5.81. The molecule has 0 aliphatic rings. The van der Waals surface area contributed by atoms with Crippen molar-refractivity contribution in [2.75, 3.05) is 33.0 Å². The number of rotatable bonds is 12. The Morgan fingerprint density at radius 3 is 2.33 bits per heavy atom. The van der Waals surface area contributed by atoms with Gasteiger partial charge >= 0.3 is 0 Å². The van der Waals surface area contributed by atoms with Gasteiger partial charge in [0.15, 0.2) is 11.5 Å². The Balaban J connectivity index is 1.41. The van der Waals surface area contributed by atoms with Crippen LogP contribution in [-0.2, 0) is 4.74 Å². The first kappa shape index (κ1) is 21.3. The zero-order valence-corrected chi connectivity index (χ0v) is 17.2. The molecule has 1 heterocycles. The van der Waals surface area contributed by atoms with Gasteiger partial charge in [-0.15, -0.1) is 10.2 Å². The lowest BCUT2D eigenvalue weighted by Crippen LogP contribution is -2.12. The van der Waals surface area contributed by atoms with Crippen molar-refractivity contribution < 1.29 is 18.9 Å². The van der Waals surface area contributed by atoms with Crippen molar-refractivity contribution >= 4 is 6.21 Å². The van der Waals surface area contributed by atoms with Crippen LogP contribution in [0.15, 0.2) is 60.2 Å². The van der Waals surface area contributed by atoms with Gasteiger partial charge in [0.05, 0.1) is 26.0 Å². The summed E-state index contributed by atoms with van der Waals surface area (Å²) in [6.45, 7) is 6.37. The Kier molecular flexibility index (Phi) is 8.23. The second-order valence-electron chi connectivity index (χ2n) is 6.35. The molecule has 158 valence electrons. The number of benzene rings is 2. The molecule has 0 unspecified atom stereocenters. The Bertz CT molecular complexity index is 911. The highest BCUT2D eigenvalue weighted by atomic mass is 16.6. The zero-order valence-electron chi connectivity index (χ0n) is 17.2. The summed E-state index contributed by atoms with van der Waals surface area (Å²) in [6, 6.07) is 13.6. The molecule has 0 bridgehead atoms. The van der Waals surface area contributed by atoms with Crippen LogP contribution < -0.4 is 14.2 Å². The summed E-state index contributed by atoms with van der Waals surface area (Å²) in [5, 5.41) is 11.7. The predicted molar refractivity (Wildman–Crippen MR) is 114 cm³/mol. The van der Waals surface area contributed by atoms with Gasteiger partial charge in [-0.1, -0.05) is 17.7 Å². The molecule has 0 saturated heterocycles. The fraction of sp³-hybridized carbons (Fsp3) is 0.318. The molecule has 2 aromatic carbocycles. The normalized spacial score (nSPS) is 11.0. The molecular formula is C22H26N4O4. The molecule has 0 fully saturated rings. The number of nitrogens with zero attached hydrogens (tertiary/aromatic N) is 4. The van der Waals surface area contributed by atoms with Crippen LogP contribution in [0, 0.1) is 6.92 Å². The van der Waals surface area contributed by atoms with Crippen LogP contribution in [0.4, 0.5) is 0 Å². The summed E-state index contributed by atoms with van der Waals surface area (Å²) in [5.74, 6) is 2.17. The molecule has 0 radical (unpaired) electrons. The van der Waals surface area contributed by atoms with Gasteiger partial charge in [-0.05, 0) is 49.7 Å². The molecule has 0 saturated carbocycles. The first-order valence-electron chi connectivity index (χ1n) is 9.80. The number of hydrogen-bond acceptors (Lipinski definition) is 7. The van der Waals surface area contributed by atoms with E-state index < -0.39 is 0 Å². The Hall–Kier alpha value is -3.39. The number of hydrogen-bond donors (Lipinski definition) is 0. The average molecular weight is 410 g/mol. The van der Waals surface area contributed by atoms with Crippen LogP contribution in [-0.4, -0.2) is 54.1 Å². The van der Waals surface area contributed by atoms with Crippen molar-refractivity contribution in [2.45, 2.75) is 13.8 Å². The lowest BCUT2D eigenvalue weighted by atomic mass is 10.2. The Morgan fingerprint density at radius 2 is 1.60 bits per heavy atom. The van der Waals surface area contributed by atoms with Crippen LogP contribution in [0.5, 0.6) is 17.2 Å². The minimum absolute atomic E-state index is 0.415. The first-order valence-corrected chi connectivity index (χ1v) is 9.80. The highest BCUT2D eigenvalue weighted by Crippen LogP contribution is 2.28. The highest BCUT2D eigenvalue weighted by Gasteiger charge is 2.06. The van der Waals surface area contributed by atoms with Gasteiger partial charge in [0, 0.05) is 0 Å². The van der Waals surface area contributed by atoms with E-state index in [0.29, 0.717) is 44.5 Å². The highest BCUT2D eigenvalue weighted by molar-refractivity contribution is 5.80. The van der Waals surface area contributed by atoms with E-state index in [1.54, 1.807) is 6.21 Å². The van der Waals surface area contributed by atoms with Crippen LogP contribution in [0.1, 0.15) is 18.1 Å². The third-order valence-electron chi connectivity index (χ3n) is 4.02. The summed E-state index contributed by atoms with van der Waals surface area (Å²) in [7, 11) is 0. The number of aryl methyl sites for hydroxylation is 1. The fourth-order valence-electron chi connectivity index (χ4n) is 2.55. The SMILES string of the molecule is CCOc1cc(C=Nn2cnnc2)ccc1OCCOCCOc1ccc(C)cc1. The molecular weight excluding hydrogens is 384 g/mol. The van der Waals surface area contributed by atoms with Gasteiger partial charge in [-0.2, -0.15) is 5.10 Å². The Labute approximate surface area is 176 Å². The van der Waals surface area contributed by atoms with E-state index in [9.17, 15) is 0 Å². The van der Waals surface area contributed by atoms with E-state index in [4.69, 9.17) is 18.9 Å². The third kappa shape index (κ3) is 6.89. The summed E-state index contributed by atoms with van der Waals surface area (Å²) in [5.41, 5.74) is 2.09. The third-order valence-corrected chi connectivity index (χ3v) is 4.02. The molecule has 0 N–H and O–H groups in total. The van der Waals surface area contributed by atoms with Crippen LogP contribution >= 0.6 is 0 Å². The van der Waals surface area contributed by atoms with E-state index in [1.165, 1.54) is 22.9 Å². The van der Waals surface area contributed by atoms with Crippen molar-refractivity contribution in [1.82, 2.24) is 14.9 Å². The lowest BCUT2D eigenvalue weighted by Gasteiger charge is -2.13. The van der Waals surface area contributed by atoms with Crippen molar-refractivity contribution in [2.24, 2.45) is 5.10 Å². The predicted octanol–water partition coefficient (Wildman–Crippen LogP) is 3.34. The van der Waals surface area contributed by atoms with Crippen molar-refractivity contribution in [3.05, 3.63) is 66.2 Å². The molecule has 8 nitrogen and oxygen atoms in total. The maximum Gasteiger partial charge on any atom is 0.161 e. The molecule has 8 heteroatoms. The number of ether oxygens (including phenoxy) is 4. The van der Waals surface area contributed by atoms with Crippen LogP contribution in [0.2, 0.25) is 0 Å². The monoisotopic (exact) mass is 410 g/mol. The van der Waals surface area contributed by atoms with Gasteiger partial charge in [-0.3, -0.25) is 0 Å². The number of aromatic nitrogens is 3. The quantitative estimate of drug-likeness (QED) is 0.337. The van der Waals surface area contributed by atoms with Crippen molar-refractivity contribution in [3.63, 3.8) is 0 Å². The second-order valence-corrected chi connectivity index (χ2v) is 6.35. The molecule has 0 spiro atoms. The van der Waals surface area contributed by atoms with Gasteiger partial charge in [0.2, 0.25) is 0 Å². The van der Waals surface area contributed by atoms with Crippen molar-refractivity contribution in [1.29, 1.82) is 0 Å². The molecule has 3 rings (SSSR count). The van der Waals surface area contributed by atoms with E-state index in [2.05, 4.69) is 15.3 Å². The fourth-order valence-corrected chi connectivity index (χ4v) is 2.55. The molecule has 0 aliphatic heterocycles. The summed E-state index contributed by atoms with van der Waals surface area (Å²) in [6.07, 6.45) is 4.74. The van der Waals surface area contributed by atoms with Crippen LogP contribution in [0.25, 0.3) is 0 Å². The minimum atomic E-state index is 0.415. The zero-order chi connectivity index (χ0) is 21.0. The molecule has 3 aromatic rings. The molecule has 30 heavy (non-hydrogen) atoms. The molecule has 0 amide bonds. The standard InChI is InChI=1S/C22H26N4O4/c1-3-28-22-14-19(15-25-26-16-23-24-17-26)6-9-21(22)30-13-11-27-10-12-29-20-7-4-18(2)5-8-20/h4-9,14-17H,3,10-13H2,1-2H3. The molecule has 0 atom stereocenters. The molecule has 1 aromatic heterocycles. The van der Waals surface area contributed by atoms with Crippen LogP contribution in [0.3, 0.4) is 0 Å². The van der Waals surface area contributed by atoms with Gasteiger partial charge < -0.3 is 18.9 Å². The summed E-state index contributed by atoms with van der Waals surface area (Å²) in [4.78, 5) is 0. The maximum absolute atomic E-state index is 5.81. The molecule has 0 aliphatic carbocycles. The minimum Gasteiger partial charge on any atom is -0.491 e. The van der Waals surface area contributed by atoms with Gasteiger partial charge in [-0.25, -0.2) is 4.68 Å².